The molecule has 32 heavy (non-hydrogen) atoms. The zero-order valence-electron chi connectivity index (χ0n) is 16.7. The molecule has 0 saturated heterocycles. The molecule has 0 fully saturated rings. The first kappa shape index (κ1) is 24.7. The fourth-order valence-corrected chi connectivity index (χ4v) is 4.09. The molecule has 5 nitrogen and oxygen atoms in total. The molecule has 1 amide bonds. The van der Waals surface area contributed by atoms with Gasteiger partial charge in [0.25, 0.3) is 11.5 Å². The van der Waals surface area contributed by atoms with Crippen molar-refractivity contribution in [2.24, 2.45) is 5.16 Å². The van der Waals surface area contributed by atoms with Gasteiger partial charge in [0.2, 0.25) is 0 Å². The maximum Gasteiger partial charge on any atom is 0.435 e. The molecule has 0 bridgehead atoms. The summed E-state index contributed by atoms with van der Waals surface area (Å²) in [5, 5.41) is 15.7. The van der Waals surface area contributed by atoms with Gasteiger partial charge >= 0.3 is 6.18 Å². The van der Waals surface area contributed by atoms with Crippen LogP contribution in [0.2, 0.25) is 10.0 Å². The monoisotopic (exact) mass is 506 g/mol. The fourth-order valence-electron chi connectivity index (χ4n) is 3.36. The molecule has 0 aliphatic carbocycles. The van der Waals surface area contributed by atoms with Crippen molar-refractivity contribution in [3.63, 3.8) is 0 Å². The summed E-state index contributed by atoms with van der Waals surface area (Å²) in [5.41, 5.74) is -1.70. The van der Waals surface area contributed by atoms with E-state index in [0.29, 0.717) is 16.7 Å². The Hall–Kier alpha value is -1.94. The molecule has 2 aromatic carbocycles. The summed E-state index contributed by atoms with van der Waals surface area (Å²) in [6.45, 7) is 1.38. The molecule has 0 aromatic heterocycles. The topological polar surface area (TPSA) is 70.9 Å². The number of alkyl halides is 3. The molecule has 0 spiro atoms. The summed E-state index contributed by atoms with van der Waals surface area (Å²) >= 11 is 15.9. The zero-order valence-corrected chi connectivity index (χ0v) is 19.1. The second kappa shape index (κ2) is 9.51. The first-order chi connectivity index (χ1) is 15.0. The number of carbonyl (C=O) groups excluding carboxylic acids is 1. The smallest absolute Gasteiger partial charge is 0.394 e. The quantitative estimate of drug-likeness (QED) is 0.487. The Morgan fingerprint density at radius 1 is 1.28 bits per heavy atom. The SMILES string of the molecule is Cc1cc(C2=NOC(c3cc(Cl)cc(Cl)c3)(C(F)(F)F)C2)ccc1C(=O)NC(CO)CS. The molecular weight excluding hydrogens is 488 g/mol. The van der Waals surface area contributed by atoms with Crippen molar-refractivity contribution in [3.05, 3.63) is 68.7 Å². The summed E-state index contributed by atoms with van der Waals surface area (Å²) < 4.78 is 42.4. The second-order valence-corrected chi connectivity index (χ2v) is 8.59. The molecule has 1 heterocycles. The van der Waals surface area contributed by atoms with E-state index in [1.165, 1.54) is 18.2 Å². The molecule has 0 saturated carbocycles. The number of rotatable bonds is 6. The number of hydrogen-bond acceptors (Lipinski definition) is 5. The molecule has 11 heteroatoms. The number of benzene rings is 2. The molecule has 0 radical (unpaired) electrons. The zero-order chi connectivity index (χ0) is 23.7. The Bertz CT molecular complexity index is 1040. The fraction of sp³-hybridized carbons (Fsp3) is 0.333. The van der Waals surface area contributed by atoms with E-state index in [0.717, 1.165) is 12.1 Å². The molecule has 1 aliphatic heterocycles. The van der Waals surface area contributed by atoms with Crippen LogP contribution in [0.1, 0.15) is 33.5 Å². The average molecular weight is 507 g/mol. The Kier molecular flexibility index (Phi) is 7.34. The van der Waals surface area contributed by atoms with Crippen LogP contribution < -0.4 is 5.32 Å². The maximum atomic E-state index is 14.1. The van der Waals surface area contributed by atoms with Crippen LogP contribution in [-0.4, -0.2) is 41.3 Å². The van der Waals surface area contributed by atoms with Gasteiger partial charge in [0, 0.05) is 33.3 Å². The summed E-state index contributed by atoms with van der Waals surface area (Å²) in [7, 11) is 0. The van der Waals surface area contributed by atoms with E-state index in [2.05, 4.69) is 23.1 Å². The van der Waals surface area contributed by atoms with Crippen LogP contribution in [0.4, 0.5) is 13.2 Å². The molecule has 3 rings (SSSR count). The van der Waals surface area contributed by atoms with Gasteiger partial charge < -0.3 is 15.3 Å². The first-order valence-corrected chi connectivity index (χ1v) is 10.8. The van der Waals surface area contributed by atoms with Gasteiger partial charge in [-0.3, -0.25) is 4.79 Å². The number of amides is 1. The number of thiol groups is 1. The van der Waals surface area contributed by atoms with Crippen LogP contribution in [0, 0.1) is 6.92 Å². The third kappa shape index (κ3) is 4.85. The Morgan fingerprint density at radius 3 is 2.47 bits per heavy atom. The van der Waals surface area contributed by atoms with Crippen LogP contribution in [0.15, 0.2) is 41.6 Å². The molecule has 2 N–H and O–H groups in total. The normalized spacial score (nSPS) is 19.3. The molecular formula is C21H19Cl2F3N2O3S. The summed E-state index contributed by atoms with van der Waals surface area (Å²) in [6.07, 6.45) is -5.39. The van der Waals surface area contributed by atoms with Crippen molar-refractivity contribution in [3.8, 4) is 0 Å². The second-order valence-electron chi connectivity index (χ2n) is 7.35. The van der Waals surface area contributed by atoms with Gasteiger partial charge in [-0.2, -0.15) is 25.8 Å². The molecule has 2 aromatic rings. The highest BCUT2D eigenvalue weighted by molar-refractivity contribution is 7.80. The highest BCUT2D eigenvalue weighted by atomic mass is 35.5. The van der Waals surface area contributed by atoms with Crippen molar-refractivity contribution in [2.75, 3.05) is 12.4 Å². The van der Waals surface area contributed by atoms with Crippen molar-refractivity contribution < 1.29 is 27.9 Å². The lowest BCUT2D eigenvalue weighted by atomic mass is 9.86. The number of oxime groups is 1. The molecule has 172 valence electrons. The maximum absolute atomic E-state index is 14.1. The average Bonchev–Trinajstić information content (AvgIpc) is 3.18. The van der Waals surface area contributed by atoms with E-state index in [1.807, 2.05) is 0 Å². The number of halogens is 5. The largest absolute Gasteiger partial charge is 0.435 e. The van der Waals surface area contributed by atoms with Gasteiger partial charge in [0.15, 0.2) is 0 Å². The Balaban J connectivity index is 1.90. The lowest BCUT2D eigenvalue weighted by Gasteiger charge is -2.29. The molecule has 1 aliphatic rings. The minimum atomic E-state index is -4.80. The standard InChI is InChI=1S/C21H19Cl2F3N2O3S/c1-11-4-12(2-3-17(11)19(30)27-16(9-29)10-32)18-8-20(31-28-18,21(24,25)26)13-5-14(22)7-15(23)6-13/h2-7,16,29,32H,8-10H2,1H3,(H,27,30). The number of nitrogens with zero attached hydrogens (tertiary/aromatic N) is 1. The lowest BCUT2D eigenvalue weighted by Crippen LogP contribution is -2.42. The lowest BCUT2D eigenvalue weighted by molar-refractivity contribution is -0.275. The Morgan fingerprint density at radius 2 is 1.94 bits per heavy atom. The van der Waals surface area contributed by atoms with Crippen LogP contribution in [0.25, 0.3) is 0 Å². The van der Waals surface area contributed by atoms with Gasteiger partial charge in [0.05, 0.1) is 18.4 Å². The minimum absolute atomic E-state index is 0.0433. The van der Waals surface area contributed by atoms with Gasteiger partial charge in [0.1, 0.15) is 0 Å². The van der Waals surface area contributed by atoms with Crippen molar-refractivity contribution in [1.82, 2.24) is 5.32 Å². The van der Waals surface area contributed by atoms with Gasteiger partial charge in [-0.25, -0.2) is 0 Å². The number of nitrogens with one attached hydrogen (secondary N) is 1. The van der Waals surface area contributed by atoms with Crippen LogP contribution in [0.3, 0.4) is 0 Å². The van der Waals surface area contributed by atoms with E-state index in [4.69, 9.17) is 28.0 Å². The number of carbonyl (C=O) groups is 1. The third-order valence-corrected chi connectivity index (χ3v) is 5.97. The third-order valence-electron chi connectivity index (χ3n) is 5.10. The number of aryl methyl sites for hydroxylation is 1. The summed E-state index contributed by atoms with van der Waals surface area (Å²) in [4.78, 5) is 17.4. The Labute approximate surface area is 197 Å². The molecule has 2 atom stereocenters. The minimum Gasteiger partial charge on any atom is -0.394 e. The van der Waals surface area contributed by atoms with Crippen LogP contribution in [-0.2, 0) is 10.4 Å². The summed E-state index contributed by atoms with van der Waals surface area (Å²) in [6, 6.07) is 7.65. The summed E-state index contributed by atoms with van der Waals surface area (Å²) in [5.74, 6) is -0.175. The number of aliphatic hydroxyl groups is 1. The highest BCUT2D eigenvalue weighted by Crippen LogP contribution is 2.49. The molecule has 2 unspecified atom stereocenters. The van der Waals surface area contributed by atoms with Crippen molar-refractivity contribution in [2.45, 2.75) is 31.2 Å². The van der Waals surface area contributed by atoms with E-state index >= 15 is 0 Å². The predicted molar refractivity (Wildman–Crippen MR) is 120 cm³/mol. The van der Waals surface area contributed by atoms with Crippen molar-refractivity contribution in [1.29, 1.82) is 0 Å². The predicted octanol–water partition coefficient (Wildman–Crippen LogP) is 4.90. The van der Waals surface area contributed by atoms with Crippen LogP contribution in [0.5, 0.6) is 0 Å². The first-order valence-electron chi connectivity index (χ1n) is 9.42. The van der Waals surface area contributed by atoms with Gasteiger partial charge in [-0.15, -0.1) is 0 Å². The van der Waals surface area contributed by atoms with Crippen LogP contribution >= 0.6 is 35.8 Å². The number of hydrogen-bond donors (Lipinski definition) is 3. The van der Waals surface area contributed by atoms with Gasteiger partial charge in [-0.05, 0) is 48.4 Å². The van der Waals surface area contributed by atoms with Crippen molar-refractivity contribution >= 4 is 47.4 Å². The van der Waals surface area contributed by atoms with E-state index in [-0.39, 0.29) is 33.7 Å². The number of aliphatic hydroxyl groups excluding tert-OH is 1. The van der Waals surface area contributed by atoms with E-state index < -0.39 is 30.1 Å². The van der Waals surface area contributed by atoms with Gasteiger partial charge in [-0.1, -0.05) is 34.4 Å². The van der Waals surface area contributed by atoms with E-state index in [9.17, 15) is 23.1 Å². The van der Waals surface area contributed by atoms with E-state index in [1.54, 1.807) is 13.0 Å². The highest BCUT2D eigenvalue weighted by Gasteiger charge is 2.62.